The molecule has 0 saturated heterocycles. The molecule has 0 saturated carbocycles. The zero-order valence-electron chi connectivity index (χ0n) is 12.1. The number of nitrogens with zero attached hydrogens (tertiary/aromatic N) is 2. The smallest absolute Gasteiger partial charge is 0.119 e. The number of hydrogen-bond acceptors (Lipinski definition) is 3. The Morgan fingerprint density at radius 2 is 2.05 bits per heavy atom. The molecule has 0 amide bonds. The molecule has 2 rings (SSSR count). The molecule has 0 bridgehead atoms. The van der Waals surface area contributed by atoms with Crippen molar-refractivity contribution < 1.29 is 9.84 Å². The molecule has 0 aliphatic carbocycles. The van der Waals surface area contributed by atoms with Crippen LogP contribution < -0.4 is 4.74 Å². The van der Waals surface area contributed by atoms with Gasteiger partial charge in [-0.2, -0.15) is 5.10 Å². The number of ether oxygens (including phenoxy) is 1. The van der Waals surface area contributed by atoms with Gasteiger partial charge in [0.1, 0.15) is 5.75 Å². The molecule has 1 aromatic carbocycles. The molecule has 1 N–H and O–H groups in total. The molecule has 0 aliphatic heterocycles. The maximum atomic E-state index is 10.1. The third-order valence-electron chi connectivity index (χ3n) is 3.19. The van der Waals surface area contributed by atoms with Crippen molar-refractivity contribution in [2.45, 2.75) is 39.3 Å². The minimum atomic E-state index is -0.403. The second kappa shape index (κ2) is 7.10. The third kappa shape index (κ3) is 4.10. The molecule has 0 spiro atoms. The van der Waals surface area contributed by atoms with E-state index < -0.39 is 6.10 Å². The van der Waals surface area contributed by atoms with Gasteiger partial charge in [0.15, 0.2) is 0 Å². The Kier molecular flexibility index (Phi) is 5.18. The van der Waals surface area contributed by atoms with Crippen molar-refractivity contribution in [1.82, 2.24) is 9.78 Å². The lowest BCUT2D eigenvalue weighted by Crippen LogP contribution is -2.17. The van der Waals surface area contributed by atoms with Crippen LogP contribution in [0.3, 0.4) is 0 Å². The summed E-state index contributed by atoms with van der Waals surface area (Å²) in [6.07, 6.45) is 0.829. The zero-order chi connectivity index (χ0) is 14.4. The lowest BCUT2D eigenvalue weighted by atomic mass is 10.1. The van der Waals surface area contributed by atoms with Crippen molar-refractivity contribution in [1.29, 1.82) is 0 Å². The van der Waals surface area contributed by atoms with E-state index in [2.05, 4.69) is 12.0 Å². The predicted molar refractivity (Wildman–Crippen MR) is 78.9 cm³/mol. The van der Waals surface area contributed by atoms with E-state index in [-0.39, 0.29) is 0 Å². The summed E-state index contributed by atoms with van der Waals surface area (Å²) in [5, 5.41) is 14.5. The molecule has 0 radical (unpaired) electrons. The number of aryl methyl sites for hydroxylation is 2. The van der Waals surface area contributed by atoms with E-state index in [4.69, 9.17) is 4.74 Å². The molecule has 20 heavy (non-hydrogen) atoms. The van der Waals surface area contributed by atoms with Crippen LogP contribution in [0.5, 0.6) is 5.75 Å². The first kappa shape index (κ1) is 14.6. The number of rotatable bonds is 7. The molecule has 108 valence electrons. The van der Waals surface area contributed by atoms with Crippen LogP contribution in [0.25, 0.3) is 0 Å². The van der Waals surface area contributed by atoms with Crippen LogP contribution in [0, 0.1) is 6.92 Å². The number of aliphatic hydroxyl groups excluding tert-OH is 1. The van der Waals surface area contributed by atoms with Gasteiger partial charge in [0, 0.05) is 25.1 Å². The predicted octanol–water partition coefficient (Wildman–Crippen LogP) is 2.58. The van der Waals surface area contributed by atoms with Crippen molar-refractivity contribution in [3.05, 3.63) is 47.8 Å². The highest BCUT2D eigenvalue weighted by Gasteiger charge is 2.11. The van der Waals surface area contributed by atoms with Crippen LogP contribution in [0.1, 0.15) is 24.7 Å². The lowest BCUT2D eigenvalue weighted by molar-refractivity contribution is 0.137. The summed E-state index contributed by atoms with van der Waals surface area (Å²) in [5.74, 6) is 0.842. The Morgan fingerprint density at radius 3 is 2.75 bits per heavy atom. The van der Waals surface area contributed by atoms with Gasteiger partial charge in [-0.15, -0.1) is 0 Å². The summed E-state index contributed by atoms with van der Waals surface area (Å²) in [6, 6.07) is 11.7. The van der Waals surface area contributed by atoms with Gasteiger partial charge in [0.25, 0.3) is 0 Å². The first-order valence-corrected chi connectivity index (χ1v) is 7.08. The van der Waals surface area contributed by atoms with Gasteiger partial charge in [0.2, 0.25) is 0 Å². The van der Waals surface area contributed by atoms with Gasteiger partial charge in [-0.3, -0.25) is 4.68 Å². The van der Waals surface area contributed by atoms with Crippen LogP contribution in [-0.2, 0) is 13.0 Å². The molecule has 1 unspecified atom stereocenters. The van der Waals surface area contributed by atoms with Crippen molar-refractivity contribution in [2.24, 2.45) is 0 Å². The summed E-state index contributed by atoms with van der Waals surface area (Å²) in [7, 11) is 0. The summed E-state index contributed by atoms with van der Waals surface area (Å²) in [6.45, 7) is 5.38. The largest absolute Gasteiger partial charge is 0.493 e. The molecule has 4 heteroatoms. The van der Waals surface area contributed by atoms with Crippen molar-refractivity contribution in [3.63, 3.8) is 0 Å². The zero-order valence-corrected chi connectivity index (χ0v) is 12.1. The summed E-state index contributed by atoms with van der Waals surface area (Å²) in [5.41, 5.74) is 2.08. The van der Waals surface area contributed by atoms with E-state index in [9.17, 15) is 5.11 Å². The average molecular weight is 274 g/mol. The van der Waals surface area contributed by atoms with Gasteiger partial charge in [-0.1, -0.05) is 18.2 Å². The first-order chi connectivity index (χ1) is 9.69. The number of aromatic nitrogens is 2. The molecule has 2 aromatic rings. The number of para-hydroxylation sites is 1. The lowest BCUT2D eigenvalue weighted by Gasteiger charge is -2.12. The van der Waals surface area contributed by atoms with E-state index >= 15 is 0 Å². The quantitative estimate of drug-likeness (QED) is 0.844. The van der Waals surface area contributed by atoms with Gasteiger partial charge < -0.3 is 9.84 Å². The first-order valence-electron chi connectivity index (χ1n) is 7.08. The van der Waals surface area contributed by atoms with Crippen molar-refractivity contribution in [3.8, 4) is 5.75 Å². The van der Waals surface area contributed by atoms with Crippen LogP contribution in [0.15, 0.2) is 36.4 Å². The van der Waals surface area contributed by atoms with Crippen LogP contribution in [0.4, 0.5) is 0 Å². The second-order valence-corrected chi connectivity index (χ2v) is 4.90. The van der Waals surface area contributed by atoms with E-state index in [1.165, 1.54) is 0 Å². The number of hydrogen-bond donors (Lipinski definition) is 1. The fraction of sp³-hybridized carbons (Fsp3) is 0.438. The number of benzene rings is 1. The molecule has 1 atom stereocenters. The van der Waals surface area contributed by atoms with E-state index in [0.717, 1.165) is 23.7 Å². The molecule has 0 aliphatic rings. The normalized spacial score (nSPS) is 12.3. The van der Waals surface area contributed by atoms with E-state index in [1.54, 1.807) is 0 Å². The van der Waals surface area contributed by atoms with Crippen LogP contribution >= 0.6 is 0 Å². The monoisotopic (exact) mass is 274 g/mol. The molecule has 4 nitrogen and oxygen atoms in total. The highest BCUT2D eigenvalue weighted by atomic mass is 16.5. The Balaban J connectivity index is 1.79. The third-order valence-corrected chi connectivity index (χ3v) is 3.19. The van der Waals surface area contributed by atoms with Crippen molar-refractivity contribution >= 4 is 0 Å². The van der Waals surface area contributed by atoms with E-state index in [1.807, 2.05) is 48.0 Å². The van der Waals surface area contributed by atoms with Crippen LogP contribution in [0.2, 0.25) is 0 Å². The highest BCUT2D eigenvalue weighted by molar-refractivity contribution is 5.20. The highest BCUT2D eigenvalue weighted by Crippen LogP contribution is 2.11. The summed E-state index contributed by atoms with van der Waals surface area (Å²) in [4.78, 5) is 0. The molecular formula is C16H22N2O2. The SMILES string of the molecule is CCn1nc(C)cc1CC(O)CCOc1ccccc1. The van der Waals surface area contributed by atoms with Gasteiger partial charge in [-0.05, 0) is 32.0 Å². The van der Waals surface area contributed by atoms with E-state index in [0.29, 0.717) is 19.4 Å². The molecule has 1 aromatic heterocycles. The Labute approximate surface area is 120 Å². The van der Waals surface area contributed by atoms with Gasteiger partial charge in [0.05, 0.1) is 18.4 Å². The van der Waals surface area contributed by atoms with Gasteiger partial charge >= 0.3 is 0 Å². The minimum Gasteiger partial charge on any atom is -0.493 e. The second-order valence-electron chi connectivity index (χ2n) is 4.90. The summed E-state index contributed by atoms with van der Waals surface area (Å²) >= 11 is 0. The minimum absolute atomic E-state index is 0.403. The molecule has 1 heterocycles. The average Bonchev–Trinajstić information content (AvgIpc) is 2.80. The van der Waals surface area contributed by atoms with Crippen molar-refractivity contribution in [2.75, 3.05) is 6.61 Å². The fourth-order valence-corrected chi connectivity index (χ4v) is 2.21. The Morgan fingerprint density at radius 1 is 1.30 bits per heavy atom. The molecule has 0 fully saturated rings. The van der Waals surface area contributed by atoms with Gasteiger partial charge in [-0.25, -0.2) is 0 Å². The maximum absolute atomic E-state index is 10.1. The number of aliphatic hydroxyl groups is 1. The maximum Gasteiger partial charge on any atom is 0.119 e. The fourth-order valence-electron chi connectivity index (χ4n) is 2.21. The standard InChI is InChI=1S/C16H22N2O2/c1-3-18-14(11-13(2)17-18)12-15(19)9-10-20-16-7-5-4-6-8-16/h4-8,11,15,19H,3,9-10,12H2,1-2H3. The Bertz CT molecular complexity index is 523. The Hall–Kier alpha value is -1.81. The molecular weight excluding hydrogens is 252 g/mol. The summed E-state index contributed by atoms with van der Waals surface area (Å²) < 4.78 is 7.53. The topological polar surface area (TPSA) is 47.3 Å². The van der Waals surface area contributed by atoms with Crippen LogP contribution in [-0.4, -0.2) is 27.6 Å².